The molecule has 1 aromatic carbocycles. The Balaban J connectivity index is 2.24. The molecule has 0 amide bonds. The fourth-order valence-corrected chi connectivity index (χ4v) is 3.20. The Morgan fingerprint density at radius 2 is 2.00 bits per heavy atom. The van der Waals surface area contributed by atoms with Crippen molar-refractivity contribution in [3.8, 4) is 5.75 Å². The van der Waals surface area contributed by atoms with Crippen molar-refractivity contribution in [3.63, 3.8) is 0 Å². The Bertz CT molecular complexity index is 599. The van der Waals surface area contributed by atoms with Crippen molar-refractivity contribution in [2.75, 3.05) is 14.2 Å². The van der Waals surface area contributed by atoms with Crippen molar-refractivity contribution < 1.29 is 4.74 Å². The van der Waals surface area contributed by atoms with Gasteiger partial charge in [0.25, 0.3) is 0 Å². The first-order chi connectivity index (χ1) is 9.94. The van der Waals surface area contributed by atoms with Crippen LogP contribution in [0.3, 0.4) is 0 Å². The van der Waals surface area contributed by atoms with Crippen LogP contribution in [0.4, 0.5) is 0 Å². The van der Waals surface area contributed by atoms with Crippen LogP contribution >= 0.6 is 11.3 Å². The molecular weight excluding hydrogens is 280 g/mol. The molecule has 3 nitrogen and oxygen atoms in total. The van der Waals surface area contributed by atoms with E-state index in [4.69, 9.17) is 9.72 Å². The van der Waals surface area contributed by atoms with E-state index in [0.29, 0.717) is 0 Å². The van der Waals surface area contributed by atoms with Crippen LogP contribution in [-0.2, 0) is 18.4 Å². The molecule has 0 saturated carbocycles. The average Bonchev–Trinajstić information content (AvgIpc) is 2.89. The van der Waals surface area contributed by atoms with Gasteiger partial charge in [0.1, 0.15) is 5.75 Å². The van der Waals surface area contributed by atoms with E-state index >= 15 is 0 Å². The minimum Gasteiger partial charge on any atom is -0.497 e. The predicted octanol–water partition coefficient (Wildman–Crippen LogP) is 3.76. The first kappa shape index (κ1) is 16.0. The molecule has 0 bridgehead atoms. The molecule has 2 aromatic rings. The van der Waals surface area contributed by atoms with E-state index in [9.17, 15) is 0 Å². The summed E-state index contributed by atoms with van der Waals surface area (Å²) in [5, 5.41) is 6.56. The van der Waals surface area contributed by atoms with E-state index in [1.807, 2.05) is 13.1 Å². The van der Waals surface area contributed by atoms with Crippen molar-refractivity contribution in [1.29, 1.82) is 0 Å². The van der Waals surface area contributed by atoms with Crippen LogP contribution in [0.5, 0.6) is 5.75 Å². The number of hydrogen-bond acceptors (Lipinski definition) is 4. The quantitative estimate of drug-likeness (QED) is 0.913. The number of ether oxygens (including phenoxy) is 1. The summed E-state index contributed by atoms with van der Waals surface area (Å²) in [5.74, 6) is 0.901. The lowest BCUT2D eigenvalue weighted by Gasteiger charge is -2.14. The van der Waals surface area contributed by atoms with E-state index in [0.717, 1.165) is 18.7 Å². The average molecular weight is 304 g/mol. The standard InChI is InChI=1S/C17H24N2OS/c1-17(2,3)15-11-21-16(19-15)9-12-6-7-14(20-5)8-13(12)10-18-4/h6-8,11,18H,9-10H2,1-5H3. The number of thiazole rings is 1. The van der Waals surface area contributed by atoms with Gasteiger partial charge in [0.15, 0.2) is 0 Å². The Kier molecular flexibility index (Phi) is 5.01. The number of rotatable bonds is 5. The third-order valence-electron chi connectivity index (χ3n) is 3.44. The maximum atomic E-state index is 5.31. The zero-order chi connectivity index (χ0) is 15.5. The van der Waals surface area contributed by atoms with Crippen LogP contribution in [0.25, 0.3) is 0 Å². The summed E-state index contributed by atoms with van der Waals surface area (Å²) >= 11 is 1.75. The van der Waals surface area contributed by atoms with Crippen LogP contribution in [-0.4, -0.2) is 19.1 Å². The zero-order valence-corrected chi connectivity index (χ0v) is 14.3. The van der Waals surface area contributed by atoms with Gasteiger partial charge in [-0.1, -0.05) is 26.8 Å². The van der Waals surface area contributed by atoms with Gasteiger partial charge in [-0.25, -0.2) is 4.98 Å². The maximum absolute atomic E-state index is 5.31. The molecule has 4 heteroatoms. The summed E-state index contributed by atoms with van der Waals surface area (Å²) in [4.78, 5) is 4.79. The molecular formula is C17H24N2OS. The molecule has 114 valence electrons. The highest BCUT2D eigenvalue weighted by Gasteiger charge is 2.17. The van der Waals surface area contributed by atoms with Crippen LogP contribution in [0, 0.1) is 0 Å². The molecule has 21 heavy (non-hydrogen) atoms. The van der Waals surface area contributed by atoms with Crippen molar-refractivity contribution in [2.45, 2.75) is 39.2 Å². The molecule has 0 unspecified atom stereocenters. The van der Waals surface area contributed by atoms with Gasteiger partial charge in [0, 0.05) is 23.8 Å². The third kappa shape index (κ3) is 4.05. The third-order valence-corrected chi connectivity index (χ3v) is 4.29. The molecule has 0 aliphatic carbocycles. The summed E-state index contributed by atoms with van der Waals surface area (Å²) in [7, 11) is 3.67. The van der Waals surface area contributed by atoms with Gasteiger partial charge in [-0.3, -0.25) is 0 Å². The highest BCUT2D eigenvalue weighted by Crippen LogP contribution is 2.26. The molecule has 1 aromatic heterocycles. The monoisotopic (exact) mass is 304 g/mol. The zero-order valence-electron chi connectivity index (χ0n) is 13.5. The summed E-state index contributed by atoms with van der Waals surface area (Å²) < 4.78 is 5.31. The van der Waals surface area contributed by atoms with Gasteiger partial charge in [0.2, 0.25) is 0 Å². The number of aromatic nitrogens is 1. The highest BCUT2D eigenvalue weighted by atomic mass is 32.1. The Morgan fingerprint density at radius 1 is 1.24 bits per heavy atom. The van der Waals surface area contributed by atoms with E-state index < -0.39 is 0 Å². The van der Waals surface area contributed by atoms with Crippen molar-refractivity contribution in [2.24, 2.45) is 0 Å². The number of nitrogens with one attached hydrogen (secondary N) is 1. The summed E-state index contributed by atoms with van der Waals surface area (Å²) in [6.45, 7) is 7.44. The minimum atomic E-state index is 0.114. The summed E-state index contributed by atoms with van der Waals surface area (Å²) in [6.07, 6.45) is 0.877. The topological polar surface area (TPSA) is 34.1 Å². The highest BCUT2D eigenvalue weighted by molar-refractivity contribution is 7.09. The second-order valence-electron chi connectivity index (χ2n) is 6.22. The predicted molar refractivity (Wildman–Crippen MR) is 89.4 cm³/mol. The Labute approximate surface area is 131 Å². The van der Waals surface area contributed by atoms with Crippen molar-refractivity contribution in [3.05, 3.63) is 45.4 Å². The first-order valence-electron chi connectivity index (χ1n) is 7.19. The second-order valence-corrected chi connectivity index (χ2v) is 7.16. The summed E-state index contributed by atoms with van der Waals surface area (Å²) in [5.41, 5.74) is 3.86. The van der Waals surface area contributed by atoms with E-state index in [1.165, 1.54) is 21.8 Å². The number of hydrogen-bond donors (Lipinski definition) is 1. The largest absolute Gasteiger partial charge is 0.497 e. The molecule has 0 fully saturated rings. The normalized spacial score (nSPS) is 11.7. The molecule has 0 aliphatic rings. The van der Waals surface area contributed by atoms with Gasteiger partial charge in [0.05, 0.1) is 17.8 Å². The lowest BCUT2D eigenvalue weighted by Crippen LogP contribution is -2.12. The number of nitrogens with zero attached hydrogens (tertiary/aromatic N) is 1. The molecule has 1 heterocycles. The van der Waals surface area contributed by atoms with E-state index in [2.05, 4.69) is 43.6 Å². The van der Waals surface area contributed by atoms with Gasteiger partial charge < -0.3 is 10.1 Å². The summed E-state index contributed by atoms with van der Waals surface area (Å²) in [6, 6.07) is 6.26. The molecule has 0 saturated heterocycles. The fourth-order valence-electron chi connectivity index (χ4n) is 2.16. The van der Waals surface area contributed by atoms with Gasteiger partial charge >= 0.3 is 0 Å². The first-order valence-corrected chi connectivity index (χ1v) is 8.07. The van der Waals surface area contributed by atoms with Gasteiger partial charge in [-0.05, 0) is 30.3 Å². The Hall–Kier alpha value is -1.39. The van der Waals surface area contributed by atoms with Gasteiger partial charge in [-0.2, -0.15) is 0 Å². The van der Waals surface area contributed by atoms with Crippen LogP contribution in [0.15, 0.2) is 23.6 Å². The molecule has 0 atom stereocenters. The van der Waals surface area contributed by atoms with Crippen LogP contribution in [0.2, 0.25) is 0 Å². The number of benzene rings is 1. The van der Waals surface area contributed by atoms with E-state index in [-0.39, 0.29) is 5.41 Å². The molecule has 0 radical (unpaired) electrons. The smallest absolute Gasteiger partial charge is 0.119 e. The van der Waals surface area contributed by atoms with Gasteiger partial charge in [-0.15, -0.1) is 11.3 Å². The van der Waals surface area contributed by atoms with Crippen molar-refractivity contribution in [1.82, 2.24) is 10.3 Å². The van der Waals surface area contributed by atoms with Crippen LogP contribution in [0.1, 0.15) is 42.6 Å². The molecule has 0 spiro atoms. The SMILES string of the molecule is CNCc1cc(OC)ccc1Cc1nc(C(C)(C)C)cs1. The number of methoxy groups -OCH3 is 1. The molecule has 0 aliphatic heterocycles. The second kappa shape index (κ2) is 6.58. The lowest BCUT2D eigenvalue weighted by atomic mass is 9.93. The lowest BCUT2D eigenvalue weighted by molar-refractivity contribution is 0.414. The maximum Gasteiger partial charge on any atom is 0.119 e. The van der Waals surface area contributed by atoms with E-state index in [1.54, 1.807) is 18.4 Å². The van der Waals surface area contributed by atoms with Crippen LogP contribution < -0.4 is 10.1 Å². The molecule has 1 N–H and O–H groups in total. The minimum absolute atomic E-state index is 0.114. The fraction of sp³-hybridized carbons (Fsp3) is 0.471. The molecule has 2 rings (SSSR count). The van der Waals surface area contributed by atoms with Crippen molar-refractivity contribution >= 4 is 11.3 Å². The Morgan fingerprint density at radius 3 is 2.57 bits per heavy atom.